The van der Waals surface area contributed by atoms with Crippen molar-refractivity contribution in [3.05, 3.63) is 95.2 Å². The molecule has 6 heteroatoms. The van der Waals surface area contributed by atoms with E-state index in [0.717, 1.165) is 11.1 Å². The predicted octanol–water partition coefficient (Wildman–Crippen LogP) is 4.98. The lowest BCUT2D eigenvalue weighted by atomic mass is 10.1. The molecule has 1 aromatic heterocycles. The van der Waals surface area contributed by atoms with Crippen molar-refractivity contribution in [2.45, 2.75) is 13.8 Å². The van der Waals surface area contributed by atoms with Crippen LogP contribution in [-0.4, -0.2) is 16.8 Å². The van der Waals surface area contributed by atoms with Gasteiger partial charge in [0.1, 0.15) is 0 Å². The first kappa shape index (κ1) is 20.1. The van der Waals surface area contributed by atoms with Crippen LogP contribution < -0.4 is 11.1 Å². The number of aromatic nitrogens is 1. The van der Waals surface area contributed by atoms with Gasteiger partial charge in [-0.25, -0.2) is 4.98 Å². The molecule has 154 valence electrons. The molecule has 0 spiro atoms. The number of nitrogens with zero attached hydrogens (tertiary/aromatic N) is 1. The third-order valence-corrected chi connectivity index (χ3v) is 4.99. The minimum Gasteiger partial charge on any atom is -0.436 e. The number of oxazole rings is 1. The maximum atomic E-state index is 13.0. The van der Waals surface area contributed by atoms with Gasteiger partial charge in [-0.15, -0.1) is 0 Å². The molecule has 4 rings (SSSR count). The number of hydrogen-bond acceptors (Lipinski definition) is 4. The van der Waals surface area contributed by atoms with Crippen LogP contribution in [0.25, 0.3) is 22.8 Å². The summed E-state index contributed by atoms with van der Waals surface area (Å²) in [6.07, 6.45) is 1.65. The molecule has 0 aliphatic carbocycles. The minimum absolute atomic E-state index is 0.308. The Labute approximate surface area is 179 Å². The van der Waals surface area contributed by atoms with Crippen LogP contribution in [0.4, 0.5) is 5.69 Å². The molecule has 4 aromatic rings. The average molecular weight is 411 g/mol. The van der Waals surface area contributed by atoms with Gasteiger partial charge in [0.2, 0.25) is 11.8 Å². The standard InChI is InChI=1S/C25H21N3O3/c1-15-7-9-17(10-8-15)22-14-27-25(31-22)21-6-4-3-5-20(21)24(30)28-18-11-12-19(23(26)29)16(2)13-18/h3-14H,1-2H3,(H2,26,29)(H,28,30). The second kappa shape index (κ2) is 8.28. The lowest BCUT2D eigenvalue weighted by molar-refractivity contribution is 0.0997. The number of hydrogen-bond donors (Lipinski definition) is 2. The number of anilines is 1. The van der Waals surface area contributed by atoms with Crippen molar-refractivity contribution in [1.82, 2.24) is 4.98 Å². The Kier molecular flexibility index (Phi) is 5.37. The highest BCUT2D eigenvalue weighted by molar-refractivity contribution is 6.08. The summed E-state index contributed by atoms with van der Waals surface area (Å²) >= 11 is 0. The van der Waals surface area contributed by atoms with Gasteiger partial charge in [0, 0.05) is 22.4 Å². The minimum atomic E-state index is -0.506. The van der Waals surface area contributed by atoms with Crippen molar-refractivity contribution >= 4 is 17.5 Å². The summed E-state index contributed by atoms with van der Waals surface area (Å²) in [7, 11) is 0. The van der Waals surface area contributed by atoms with Gasteiger partial charge >= 0.3 is 0 Å². The first-order valence-corrected chi connectivity index (χ1v) is 9.76. The number of carbonyl (C=O) groups is 2. The zero-order valence-electron chi connectivity index (χ0n) is 17.2. The Morgan fingerprint density at radius 2 is 1.68 bits per heavy atom. The molecule has 3 aromatic carbocycles. The number of benzene rings is 3. The number of amides is 2. The molecule has 0 aliphatic heterocycles. The van der Waals surface area contributed by atoms with Crippen LogP contribution in [0.2, 0.25) is 0 Å². The average Bonchev–Trinajstić information content (AvgIpc) is 3.24. The van der Waals surface area contributed by atoms with E-state index in [4.69, 9.17) is 10.2 Å². The van der Waals surface area contributed by atoms with Crippen molar-refractivity contribution < 1.29 is 14.0 Å². The Morgan fingerprint density at radius 3 is 2.39 bits per heavy atom. The molecular weight excluding hydrogens is 390 g/mol. The summed E-state index contributed by atoms with van der Waals surface area (Å²) in [5.41, 5.74) is 10.1. The van der Waals surface area contributed by atoms with Gasteiger partial charge in [0.05, 0.1) is 11.8 Å². The van der Waals surface area contributed by atoms with E-state index < -0.39 is 5.91 Å². The smallest absolute Gasteiger partial charge is 0.256 e. The normalized spacial score (nSPS) is 10.6. The van der Waals surface area contributed by atoms with Crippen LogP contribution in [0.5, 0.6) is 0 Å². The number of primary amides is 1. The number of nitrogens with one attached hydrogen (secondary N) is 1. The highest BCUT2D eigenvalue weighted by Gasteiger charge is 2.17. The van der Waals surface area contributed by atoms with Crippen molar-refractivity contribution in [3.63, 3.8) is 0 Å². The Bertz CT molecular complexity index is 1270. The topological polar surface area (TPSA) is 98.2 Å². The van der Waals surface area contributed by atoms with E-state index in [-0.39, 0.29) is 5.91 Å². The SMILES string of the molecule is Cc1ccc(-c2cnc(-c3ccccc3C(=O)Nc3ccc(C(N)=O)c(C)c3)o2)cc1. The summed E-state index contributed by atoms with van der Waals surface area (Å²) in [4.78, 5) is 28.8. The molecule has 6 nitrogen and oxygen atoms in total. The molecule has 0 unspecified atom stereocenters. The molecule has 0 atom stereocenters. The first-order valence-electron chi connectivity index (χ1n) is 9.76. The Morgan fingerprint density at radius 1 is 0.935 bits per heavy atom. The molecule has 0 saturated heterocycles. The van der Waals surface area contributed by atoms with Crippen LogP contribution in [0, 0.1) is 13.8 Å². The van der Waals surface area contributed by atoms with Gasteiger partial charge in [-0.1, -0.05) is 42.0 Å². The zero-order chi connectivity index (χ0) is 22.0. The summed E-state index contributed by atoms with van der Waals surface area (Å²) in [6, 6.07) is 20.0. The molecule has 0 aliphatic rings. The van der Waals surface area contributed by atoms with E-state index in [9.17, 15) is 9.59 Å². The second-order valence-electron chi connectivity index (χ2n) is 7.29. The van der Waals surface area contributed by atoms with Gasteiger partial charge in [-0.05, 0) is 49.7 Å². The Balaban J connectivity index is 1.62. The van der Waals surface area contributed by atoms with E-state index >= 15 is 0 Å². The van der Waals surface area contributed by atoms with Gasteiger partial charge in [-0.3, -0.25) is 9.59 Å². The van der Waals surface area contributed by atoms with Crippen LogP contribution in [0.3, 0.4) is 0 Å². The molecule has 3 N–H and O–H groups in total. The van der Waals surface area contributed by atoms with Crippen molar-refractivity contribution in [2.75, 3.05) is 5.32 Å². The maximum absolute atomic E-state index is 13.0. The van der Waals surface area contributed by atoms with Gasteiger partial charge in [-0.2, -0.15) is 0 Å². The molecule has 1 heterocycles. The van der Waals surface area contributed by atoms with E-state index in [1.807, 2.05) is 37.3 Å². The summed E-state index contributed by atoms with van der Waals surface area (Å²) in [5, 5.41) is 2.86. The maximum Gasteiger partial charge on any atom is 0.256 e. The second-order valence-corrected chi connectivity index (χ2v) is 7.29. The van der Waals surface area contributed by atoms with E-state index in [2.05, 4.69) is 10.3 Å². The molecular formula is C25H21N3O3. The molecule has 0 radical (unpaired) electrons. The molecule has 0 bridgehead atoms. The molecule has 0 saturated carbocycles. The predicted molar refractivity (Wildman–Crippen MR) is 120 cm³/mol. The fourth-order valence-corrected chi connectivity index (χ4v) is 3.33. The zero-order valence-corrected chi connectivity index (χ0v) is 17.2. The van der Waals surface area contributed by atoms with Gasteiger partial charge in [0.15, 0.2) is 5.76 Å². The van der Waals surface area contributed by atoms with Crippen LogP contribution in [0.15, 0.2) is 77.3 Å². The number of carbonyl (C=O) groups excluding carboxylic acids is 2. The van der Waals surface area contributed by atoms with Crippen molar-refractivity contribution in [2.24, 2.45) is 5.73 Å². The van der Waals surface area contributed by atoms with Crippen molar-refractivity contribution in [3.8, 4) is 22.8 Å². The highest BCUT2D eigenvalue weighted by atomic mass is 16.4. The highest BCUT2D eigenvalue weighted by Crippen LogP contribution is 2.29. The van der Waals surface area contributed by atoms with Gasteiger partial charge in [0.25, 0.3) is 5.91 Å². The van der Waals surface area contributed by atoms with Crippen molar-refractivity contribution in [1.29, 1.82) is 0 Å². The molecule has 2 amide bonds. The van der Waals surface area contributed by atoms with E-state index in [0.29, 0.717) is 39.6 Å². The largest absolute Gasteiger partial charge is 0.436 e. The lowest BCUT2D eigenvalue weighted by Crippen LogP contribution is -2.15. The third kappa shape index (κ3) is 4.23. The van der Waals surface area contributed by atoms with Crippen LogP contribution >= 0.6 is 0 Å². The first-order chi connectivity index (χ1) is 14.9. The molecule has 31 heavy (non-hydrogen) atoms. The summed E-state index contributed by atoms with van der Waals surface area (Å²) in [6.45, 7) is 3.79. The fourth-order valence-electron chi connectivity index (χ4n) is 3.33. The monoisotopic (exact) mass is 411 g/mol. The third-order valence-electron chi connectivity index (χ3n) is 4.99. The number of nitrogens with two attached hydrogens (primary N) is 1. The van der Waals surface area contributed by atoms with Crippen LogP contribution in [0.1, 0.15) is 31.8 Å². The fraction of sp³-hybridized carbons (Fsp3) is 0.0800. The van der Waals surface area contributed by atoms with Crippen LogP contribution in [-0.2, 0) is 0 Å². The lowest BCUT2D eigenvalue weighted by Gasteiger charge is -2.10. The number of rotatable bonds is 5. The summed E-state index contributed by atoms with van der Waals surface area (Å²) < 4.78 is 5.96. The van der Waals surface area contributed by atoms with E-state index in [1.165, 1.54) is 0 Å². The Hall–Kier alpha value is -4.19. The quantitative estimate of drug-likeness (QED) is 0.484. The number of aryl methyl sites for hydroxylation is 2. The van der Waals surface area contributed by atoms with Gasteiger partial charge < -0.3 is 15.5 Å². The van der Waals surface area contributed by atoms with E-state index in [1.54, 1.807) is 49.5 Å². The molecule has 0 fully saturated rings. The summed E-state index contributed by atoms with van der Waals surface area (Å²) in [5.74, 6) is 0.176.